The molecule has 2 saturated heterocycles. The zero-order valence-corrected chi connectivity index (χ0v) is 10.6. The molecule has 0 amide bonds. The summed E-state index contributed by atoms with van der Waals surface area (Å²) in [5.74, 6) is 0. The Hall–Kier alpha value is -0.0800. The first-order valence-corrected chi connectivity index (χ1v) is 7.39. The molecule has 16 heavy (non-hydrogen) atoms. The third-order valence-corrected chi connectivity index (χ3v) is 4.97. The number of hydrogen-bond donors (Lipinski definition) is 1. The van der Waals surface area contributed by atoms with Gasteiger partial charge in [0.05, 0.1) is 0 Å². The van der Waals surface area contributed by atoms with Crippen molar-refractivity contribution < 1.29 is 0 Å². The number of fused-ring (bicyclic) bond motifs is 2. The summed E-state index contributed by atoms with van der Waals surface area (Å²) < 4.78 is 0. The molecule has 1 saturated carbocycles. The van der Waals surface area contributed by atoms with E-state index in [0.717, 1.165) is 24.2 Å². The van der Waals surface area contributed by atoms with Gasteiger partial charge in [0.2, 0.25) is 0 Å². The molecule has 3 fully saturated rings. The summed E-state index contributed by atoms with van der Waals surface area (Å²) in [5.41, 5.74) is 0. The summed E-state index contributed by atoms with van der Waals surface area (Å²) in [7, 11) is 0. The van der Waals surface area contributed by atoms with E-state index in [9.17, 15) is 0 Å². The standard InChI is InChI=1S/C14H26N2/c1-2-8-15-11-9-13-6-7-14(10-11)16(13)12-4-3-5-12/h11-15H,2-10H2,1H3. The van der Waals surface area contributed by atoms with E-state index in [2.05, 4.69) is 17.1 Å². The molecule has 3 rings (SSSR count). The van der Waals surface area contributed by atoms with Gasteiger partial charge < -0.3 is 5.32 Å². The average Bonchev–Trinajstić information content (AvgIpc) is 2.49. The predicted molar refractivity (Wildman–Crippen MR) is 67.6 cm³/mol. The quantitative estimate of drug-likeness (QED) is 0.786. The summed E-state index contributed by atoms with van der Waals surface area (Å²) in [6, 6.07) is 3.66. The van der Waals surface area contributed by atoms with E-state index >= 15 is 0 Å². The molecule has 3 aliphatic rings. The highest BCUT2D eigenvalue weighted by Crippen LogP contribution is 2.41. The molecule has 1 aliphatic carbocycles. The van der Waals surface area contributed by atoms with Crippen LogP contribution in [0.2, 0.25) is 0 Å². The normalized spacial score (nSPS) is 39.9. The fourth-order valence-corrected chi connectivity index (χ4v) is 4.01. The van der Waals surface area contributed by atoms with Gasteiger partial charge in [-0.1, -0.05) is 13.3 Å². The maximum atomic E-state index is 3.74. The molecule has 2 heterocycles. The van der Waals surface area contributed by atoms with Crippen molar-refractivity contribution >= 4 is 0 Å². The first-order chi connectivity index (χ1) is 7.88. The third kappa shape index (κ3) is 1.91. The summed E-state index contributed by atoms with van der Waals surface area (Å²) in [6.07, 6.45) is 11.5. The van der Waals surface area contributed by atoms with E-state index in [1.165, 1.54) is 57.9 Å². The van der Waals surface area contributed by atoms with E-state index in [-0.39, 0.29) is 0 Å². The Morgan fingerprint density at radius 2 is 1.69 bits per heavy atom. The van der Waals surface area contributed by atoms with Gasteiger partial charge in [-0.15, -0.1) is 0 Å². The third-order valence-electron chi connectivity index (χ3n) is 4.97. The van der Waals surface area contributed by atoms with Crippen molar-refractivity contribution in [2.75, 3.05) is 6.54 Å². The first-order valence-electron chi connectivity index (χ1n) is 7.39. The van der Waals surface area contributed by atoms with Gasteiger partial charge in [-0.2, -0.15) is 0 Å². The molecular weight excluding hydrogens is 196 g/mol. The average molecular weight is 222 g/mol. The minimum Gasteiger partial charge on any atom is -0.314 e. The van der Waals surface area contributed by atoms with Crippen LogP contribution in [0.15, 0.2) is 0 Å². The van der Waals surface area contributed by atoms with Crippen molar-refractivity contribution in [3.8, 4) is 0 Å². The van der Waals surface area contributed by atoms with Crippen molar-refractivity contribution in [2.45, 2.75) is 82.5 Å². The lowest BCUT2D eigenvalue weighted by Crippen LogP contribution is -2.54. The van der Waals surface area contributed by atoms with Crippen molar-refractivity contribution in [3.63, 3.8) is 0 Å². The molecule has 0 aromatic heterocycles. The Balaban J connectivity index is 1.58. The van der Waals surface area contributed by atoms with Gasteiger partial charge in [-0.25, -0.2) is 0 Å². The van der Waals surface area contributed by atoms with Crippen LogP contribution in [0.25, 0.3) is 0 Å². The van der Waals surface area contributed by atoms with E-state index in [0.29, 0.717) is 0 Å². The second-order valence-corrected chi connectivity index (χ2v) is 6.04. The molecule has 2 nitrogen and oxygen atoms in total. The highest BCUT2D eigenvalue weighted by molar-refractivity contribution is 5.01. The van der Waals surface area contributed by atoms with Gasteiger partial charge >= 0.3 is 0 Å². The van der Waals surface area contributed by atoms with Gasteiger partial charge in [-0.05, 0) is 51.5 Å². The molecular formula is C14H26N2. The minimum absolute atomic E-state index is 0.828. The van der Waals surface area contributed by atoms with Crippen LogP contribution in [-0.4, -0.2) is 35.6 Å². The lowest BCUT2D eigenvalue weighted by Gasteiger charge is -2.47. The van der Waals surface area contributed by atoms with Crippen LogP contribution in [0, 0.1) is 0 Å². The number of hydrogen-bond acceptors (Lipinski definition) is 2. The van der Waals surface area contributed by atoms with Crippen LogP contribution < -0.4 is 5.32 Å². The zero-order chi connectivity index (χ0) is 11.0. The highest BCUT2D eigenvalue weighted by Gasteiger charge is 2.44. The molecule has 0 radical (unpaired) electrons. The maximum Gasteiger partial charge on any atom is 0.0116 e. The lowest BCUT2D eigenvalue weighted by molar-refractivity contribution is 0.0328. The fraction of sp³-hybridized carbons (Fsp3) is 1.00. The molecule has 0 aromatic carbocycles. The Morgan fingerprint density at radius 1 is 1.00 bits per heavy atom. The van der Waals surface area contributed by atoms with Crippen molar-refractivity contribution in [2.24, 2.45) is 0 Å². The van der Waals surface area contributed by atoms with Crippen LogP contribution in [0.1, 0.15) is 58.3 Å². The van der Waals surface area contributed by atoms with Crippen molar-refractivity contribution in [1.82, 2.24) is 10.2 Å². The summed E-state index contributed by atoms with van der Waals surface area (Å²) in [5, 5.41) is 3.74. The van der Waals surface area contributed by atoms with E-state index in [1.54, 1.807) is 0 Å². The van der Waals surface area contributed by atoms with Crippen LogP contribution in [-0.2, 0) is 0 Å². The lowest BCUT2D eigenvalue weighted by atomic mass is 9.86. The first kappa shape index (κ1) is 11.0. The molecule has 1 N–H and O–H groups in total. The number of rotatable bonds is 4. The van der Waals surface area contributed by atoms with Crippen LogP contribution in [0.5, 0.6) is 0 Å². The predicted octanol–water partition coefficient (Wildman–Crippen LogP) is 2.53. The van der Waals surface area contributed by atoms with E-state index < -0.39 is 0 Å². The summed E-state index contributed by atoms with van der Waals surface area (Å²) >= 11 is 0. The zero-order valence-electron chi connectivity index (χ0n) is 10.6. The minimum atomic E-state index is 0.828. The topological polar surface area (TPSA) is 15.3 Å². The molecule has 2 aliphatic heterocycles. The molecule has 92 valence electrons. The Morgan fingerprint density at radius 3 is 2.19 bits per heavy atom. The van der Waals surface area contributed by atoms with Crippen molar-refractivity contribution in [1.29, 1.82) is 0 Å². The molecule has 0 aromatic rings. The Kier molecular flexibility index (Phi) is 3.21. The molecule has 2 unspecified atom stereocenters. The van der Waals surface area contributed by atoms with Gasteiger partial charge in [0, 0.05) is 24.2 Å². The van der Waals surface area contributed by atoms with E-state index in [1.807, 2.05) is 0 Å². The molecule has 0 spiro atoms. The Bertz CT molecular complexity index is 223. The SMILES string of the molecule is CCCNC1CC2CCC(C1)N2C1CCC1. The van der Waals surface area contributed by atoms with Crippen LogP contribution in [0.3, 0.4) is 0 Å². The fourth-order valence-electron chi connectivity index (χ4n) is 4.01. The number of piperidine rings is 1. The molecule has 2 bridgehead atoms. The monoisotopic (exact) mass is 222 g/mol. The Labute approximate surface area is 99.8 Å². The number of nitrogens with zero attached hydrogens (tertiary/aromatic N) is 1. The van der Waals surface area contributed by atoms with Gasteiger partial charge in [-0.3, -0.25) is 4.90 Å². The van der Waals surface area contributed by atoms with Gasteiger partial charge in [0.25, 0.3) is 0 Å². The van der Waals surface area contributed by atoms with Crippen molar-refractivity contribution in [3.05, 3.63) is 0 Å². The van der Waals surface area contributed by atoms with Gasteiger partial charge in [0.1, 0.15) is 0 Å². The largest absolute Gasteiger partial charge is 0.314 e. The second-order valence-electron chi connectivity index (χ2n) is 6.04. The maximum absolute atomic E-state index is 3.74. The van der Waals surface area contributed by atoms with Crippen LogP contribution in [0.4, 0.5) is 0 Å². The smallest absolute Gasteiger partial charge is 0.0116 e. The summed E-state index contributed by atoms with van der Waals surface area (Å²) in [4.78, 5) is 2.91. The summed E-state index contributed by atoms with van der Waals surface area (Å²) in [6.45, 7) is 3.48. The highest BCUT2D eigenvalue weighted by atomic mass is 15.3. The molecule has 2 atom stereocenters. The molecule has 2 heteroatoms. The second kappa shape index (κ2) is 4.66. The van der Waals surface area contributed by atoms with Gasteiger partial charge in [0.15, 0.2) is 0 Å². The van der Waals surface area contributed by atoms with E-state index in [4.69, 9.17) is 0 Å². The number of nitrogens with one attached hydrogen (secondary N) is 1. The van der Waals surface area contributed by atoms with Crippen LogP contribution >= 0.6 is 0 Å².